The van der Waals surface area contributed by atoms with Crippen LogP contribution in [0.3, 0.4) is 0 Å². The Bertz CT molecular complexity index is 1320. The van der Waals surface area contributed by atoms with Gasteiger partial charge in [-0.25, -0.2) is 4.79 Å². The number of nitrogens with zero attached hydrogens (tertiary/aromatic N) is 1. The van der Waals surface area contributed by atoms with Crippen molar-refractivity contribution in [1.82, 2.24) is 10.2 Å². The molecule has 3 aromatic carbocycles. The molecule has 1 saturated heterocycles. The van der Waals surface area contributed by atoms with Gasteiger partial charge in [0.1, 0.15) is 23.6 Å². The van der Waals surface area contributed by atoms with Crippen molar-refractivity contribution in [3.05, 3.63) is 89.0 Å². The van der Waals surface area contributed by atoms with E-state index in [0.29, 0.717) is 11.4 Å². The molecule has 7 heteroatoms. The summed E-state index contributed by atoms with van der Waals surface area (Å²) in [5.41, 5.74) is 3.70. The van der Waals surface area contributed by atoms with E-state index in [2.05, 4.69) is 10.6 Å². The van der Waals surface area contributed by atoms with Crippen molar-refractivity contribution in [2.24, 2.45) is 0 Å². The molecule has 0 bridgehead atoms. The minimum absolute atomic E-state index is 0.368. The van der Waals surface area contributed by atoms with Gasteiger partial charge in [-0.2, -0.15) is 0 Å². The SMILES string of the molecule is Cc1cccc(Oc2ccc(NC(=O)CN3C(=O)NC(C)(c4ccc5c(c4)CCC5)C3=O)cc2)c1. The first-order chi connectivity index (χ1) is 16.8. The zero-order valence-corrected chi connectivity index (χ0v) is 19.8. The number of anilines is 1. The van der Waals surface area contributed by atoms with Crippen LogP contribution in [0.25, 0.3) is 0 Å². The van der Waals surface area contributed by atoms with Crippen LogP contribution in [0.4, 0.5) is 10.5 Å². The number of nitrogens with one attached hydrogen (secondary N) is 2. The average Bonchev–Trinajstić information content (AvgIpc) is 3.39. The molecule has 0 spiro atoms. The molecule has 2 N–H and O–H groups in total. The monoisotopic (exact) mass is 469 g/mol. The van der Waals surface area contributed by atoms with Gasteiger partial charge in [0, 0.05) is 5.69 Å². The number of aryl methyl sites for hydroxylation is 3. The predicted octanol–water partition coefficient (Wildman–Crippen LogP) is 4.68. The number of imide groups is 1. The van der Waals surface area contributed by atoms with Gasteiger partial charge >= 0.3 is 6.03 Å². The second kappa shape index (κ2) is 8.91. The molecular formula is C28H27N3O4. The van der Waals surface area contributed by atoms with Gasteiger partial charge in [-0.05, 0) is 91.8 Å². The lowest BCUT2D eigenvalue weighted by Crippen LogP contribution is -2.42. The molecule has 35 heavy (non-hydrogen) atoms. The van der Waals surface area contributed by atoms with Crippen LogP contribution in [-0.4, -0.2) is 29.3 Å². The van der Waals surface area contributed by atoms with Crippen molar-refractivity contribution in [3.63, 3.8) is 0 Å². The van der Waals surface area contributed by atoms with Gasteiger partial charge in [-0.3, -0.25) is 14.5 Å². The maximum Gasteiger partial charge on any atom is 0.325 e. The first-order valence-electron chi connectivity index (χ1n) is 11.7. The lowest BCUT2D eigenvalue weighted by molar-refractivity contribution is -0.133. The summed E-state index contributed by atoms with van der Waals surface area (Å²) in [5, 5.41) is 5.53. The molecule has 0 radical (unpaired) electrons. The number of amides is 4. The van der Waals surface area contributed by atoms with Crippen LogP contribution in [0.5, 0.6) is 11.5 Å². The number of carbonyl (C=O) groups is 3. The number of fused-ring (bicyclic) bond motifs is 1. The second-order valence-electron chi connectivity index (χ2n) is 9.27. The third-order valence-corrected chi connectivity index (χ3v) is 6.62. The third kappa shape index (κ3) is 4.49. The smallest absolute Gasteiger partial charge is 0.325 e. The molecule has 3 aromatic rings. The maximum atomic E-state index is 13.2. The topological polar surface area (TPSA) is 87.7 Å². The largest absolute Gasteiger partial charge is 0.457 e. The number of hydrogen-bond acceptors (Lipinski definition) is 4. The number of hydrogen-bond donors (Lipinski definition) is 2. The zero-order valence-electron chi connectivity index (χ0n) is 19.8. The number of urea groups is 1. The van der Waals surface area contributed by atoms with Crippen LogP contribution < -0.4 is 15.4 Å². The summed E-state index contributed by atoms with van der Waals surface area (Å²) in [4.78, 5) is 39.5. The molecule has 1 fully saturated rings. The number of benzene rings is 3. The Morgan fingerprint density at radius 2 is 1.77 bits per heavy atom. The molecule has 0 saturated carbocycles. The predicted molar refractivity (Wildman–Crippen MR) is 132 cm³/mol. The molecule has 1 heterocycles. The Morgan fingerprint density at radius 1 is 1.00 bits per heavy atom. The van der Waals surface area contributed by atoms with E-state index in [0.717, 1.165) is 41.0 Å². The molecule has 1 aliphatic heterocycles. The van der Waals surface area contributed by atoms with E-state index in [1.54, 1.807) is 31.2 Å². The molecule has 4 amide bonds. The Kier molecular flexibility index (Phi) is 5.76. The van der Waals surface area contributed by atoms with E-state index in [4.69, 9.17) is 4.74 Å². The molecule has 178 valence electrons. The Balaban J connectivity index is 1.23. The molecule has 2 aliphatic rings. The van der Waals surface area contributed by atoms with E-state index >= 15 is 0 Å². The van der Waals surface area contributed by atoms with E-state index in [1.807, 2.05) is 49.4 Å². The molecule has 5 rings (SSSR count). The van der Waals surface area contributed by atoms with Gasteiger partial charge in [0.15, 0.2) is 0 Å². The highest BCUT2D eigenvalue weighted by atomic mass is 16.5. The maximum absolute atomic E-state index is 13.2. The van der Waals surface area contributed by atoms with E-state index in [1.165, 1.54) is 11.1 Å². The van der Waals surface area contributed by atoms with Crippen LogP contribution in [0.15, 0.2) is 66.7 Å². The van der Waals surface area contributed by atoms with Crippen molar-refractivity contribution in [2.75, 3.05) is 11.9 Å². The third-order valence-electron chi connectivity index (χ3n) is 6.62. The summed E-state index contributed by atoms with van der Waals surface area (Å²) in [6.07, 6.45) is 3.11. The van der Waals surface area contributed by atoms with Gasteiger partial charge in [-0.15, -0.1) is 0 Å². The summed E-state index contributed by atoms with van der Waals surface area (Å²) < 4.78 is 5.83. The van der Waals surface area contributed by atoms with Crippen molar-refractivity contribution < 1.29 is 19.1 Å². The number of rotatable bonds is 6. The van der Waals surface area contributed by atoms with Crippen molar-refractivity contribution in [2.45, 2.75) is 38.6 Å². The highest BCUT2D eigenvalue weighted by Crippen LogP contribution is 2.32. The van der Waals surface area contributed by atoms with Crippen molar-refractivity contribution >= 4 is 23.5 Å². The highest BCUT2D eigenvalue weighted by Gasteiger charge is 2.49. The molecule has 7 nitrogen and oxygen atoms in total. The molecular weight excluding hydrogens is 442 g/mol. The van der Waals surface area contributed by atoms with Gasteiger partial charge < -0.3 is 15.4 Å². The van der Waals surface area contributed by atoms with Crippen molar-refractivity contribution in [3.8, 4) is 11.5 Å². The standard InChI is InChI=1S/C28H27N3O4/c1-18-5-3-8-24(15-18)35-23-13-11-22(12-14-23)29-25(32)17-31-26(33)28(2,30-27(31)34)21-10-9-19-6-4-7-20(19)16-21/h3,5,8-16H,4,6-7,17H2,1-2H3,(H,29,32)(H,30,34). The van der Waals surface area contributed by atoms with Gasteiger partial charge in [0.05, 0.1) is 0 Å². The minimum Gasteiger partial charge on any atom is -0.457 e. The molecule has 1 unspecified atom stereocenters. The highest BCUT2D eigenvalue weighted by molar-refractivity contribution is 6.10. The van der Waals surface area contributed by atoms with Gasteiger partial charge in [0.25, 0.3) is 5.91 Å². The average molecular weight is 470 g/mol. The summed E-state index contributed by atoms with van der Waals surface area (Å²) >= 11 is 0. The summed E-state index contributed by atoms with van der Waals surface area (Å²) in [5.74, 6) is 0.469. The first-order valence-corrected chi connectivity index (χ1v) is 11.7. The quantitative estimate of drug-likeness (QED) is 0.513. The van der Waals surface area contributed by atoms with Gasteiger partial charge in [0.2, 0.25) is 5.91 Å². The minimum atomic E-state index is -1.19. The fraction of sp³-hybridized carbons (Fsp3) is 0.250. The number of carbonyl (C=O) groups excluding carboxylic acids is 3. The summed E-state index contributed by atoms with van der Waals surface area (Å²) in [6, 6.07) is 20.0. The van der Waals surface area contributed by atoms with E-state index in [9.17, 15) is 14.4 Å². The Labute approximate surface area is 204 Å². The fourth-order valence-corrected chi connectivity index (χ4v) is 4.68. The van der Waals surface area contributed by atoms with Crippen molar-refractivity contribution in [1.29, 1.82) is 0 Å². The summed E-state index contributed by atoms with van der Waals surface area (Å²) in [7, 11) is 0. The Hall–Kier alpha value is -4.13. The fourth-order valence-electron chi connectivity index (χ4n) is 4.68. The molecule has 0 aromatic heterocycles. The van der Waals surface area contributed by atoms with Crippen LogP contribution in [0.1, 0.15) is 35.6 Å². The van der Waals surface area contributed by atoms with Crippen LogP contribution in [0, 0.1) is 6.92 Å². The zero-order chi connectivity index (χ0) is 24.6. The van der Waals surface area contributed by atoms with Crippen LogP contribution in [0.2, 0.25) is 0 Å². The van der Waals surface area contributed by atoms with Crippen LogP contribution >= 0.6 is 0 Å². The lowest BCUT2D eigenvalue weighted by atomic mass is 9.89. The normalized spacial score (nSPS) is 18.9. The van der Waals surface area contributed by atoms with Gasteiger partial charge in [-0.1, -0.05) is 30.3 Å². The second-order valence-corrected chi connectivity index (χ2v) is 9.27. The Morgan fingerprint density at radius 3 is 2.54 bits per heavy atom. The first kappa shape index (κ1) is 22.7. The van der Waals surface area contributed by atoms with Crippen LogP contribution in [-0.2, 0) is 28.0 Å². The lowest BCUT2D eigenvalue weighted by Gasteiger charge is -2.23. The molecule has 1 aliphatic carbocycles. The summed E-state index contributed by atoms with van der Waals surface area (Å²) in [6.45, 7) is 3.31. The van der Waals surface area contributed by atoms with E-state index < -0.39 is 23.4 Å². The van der Waals surface area contributed by atoms with E-state index in [-0.39, 0.29) is 6.54 Å². The molecule has 1 atom stereocenters. The number of ether oxygens (including phenoxy) is 1.